The molecule has 0 bridgehead atoms. The molecule has 0 radical (unpaired) electrons. The highest BCUT2D eigenvalue weighted by molar-refractivity contribution is 7.92. The summed E-state index contributed by atoms with van der Waals surface area (Å²) in [5.74, 6) is -1.75. The van der Waals surface area contributed by atoms with E-state index in [4.69, 9.17) is 15.6 Å². The largest absolute Gasteiger partial charge is 0.383 e. The summed E-state index contributed by atoms with van der Waals surface area (Å²) in [4.78, 5) is 16.0. The van der Waals surface area contributed by atoms with Gasteiger partial charge in [-0.2, -0.15) is 5.10 Å². The maximum Gasteiger partial charge on any atom is 0.264 e. The number of nitrogen functional groups attached to an aromatic ring is 1. The van der Waals surface area contributed by atoms with Crippen LogP contribution < -0.4 is 15.8 Å². The van der Waals surface area contributed by atoms with Crippen molar-refractivity contribution >= 4 is 44.4 Å². The zero-order valence-corrected chi connectivity index (χ0v) is 23.6. The van der Waals surface area contributed by atoms with E-state index in [1.807, 2.05) is 19.1 Å². The number of benzene rings is 2. The number of ether oxygens (including phenoxy) is 1. The van der Waals surface area contributed by atoms with E-state index in [0.29, 0.717) is 54.8 Å². The van der Waals surface area contributed by atoms with Crippen LogP contribution in [0.15, 0.2) is 59.6 Å². The fraction of sp³-hybridized carbons (Fsp3) is 0.276. The lowest BCUT2D eigenvalue weighted by atomic mass is 10.1. The number of carbonyl (C=O) groups is 1. The Hall–Kier alpha value is -4.36. The number of amides is 1. The molecule has 13 heteroatoms. The van der Waals surface area contributed by atoms with Crippen LogP contribution in [0, 0.1) is 11.6 Å². The van der Waals surface area contributed by atoms with Gasteiger partial charge in [0, 0.05) is 36.3 Å². The molecule has 1 atom stereocenters. The smallest absolute Gasteiger partial charge is 0.264 e. The molecule has 0 fully saturated rings. The molecule has 0 aliphatic carbocycles. The van der Waals surface area contributed by atoms with Crippen LogP contribution in [-0.2, 0) is 26.1 Å². The van der Waals surface area contributed by atoms with Crippen molar-refractivity contribution in [2.75, 3.05) is 23.7 Å². The molecule has 4 aromatic rings. The van der Waals surface area contributed by atoms with E-state index < -0.39 is 26.6 Å². The highest BCUT2D eigenvalue weighted by atomic mass is 32.2. The van der Waals surface area contributed by atoms with Gasteiger partial charge in [0.05, 0.1) is 29.8 Å². The molecule has 1 aliphatic rings. The number of halogens is 2. The zero-order chi connectivity index (χ0) is 29.9. The first-order valence-corrected chi connectivity index (χ1v) is 14.9. The first-order valence-electron chi connectivity index (χ1n) is 13.4. The average Bonchev–Trinajstić information content (AvgIpc) is 3.34. The Kier molecular flexibility index (Phi) is 8.50. The van der Waals surface area contributed by atoms with Gasteiger partial charge < -0.3 is 15.8 Å². The zero-order valence-electron chi connectivity index (χ0n) is 22.8. The molecule has 0 saturated carbocycles. The second-order valence-corrected chi connectivity index (χ2v) is 11.6. The van der Waals surface area contributed by atoms with Gasteiger partial charge in [-0.3, -0.25) is 14.2 Å². The molecule has 3 heterocycles. The Balaban J connectivity index is 1.54. The van der Waals surface area contributed by atoms with Gasteiger partial charge in [-0.05, 0) is 44.0 Å². The lowest BCUT2D eigenvalue weighted by Crippen LogP contribution is -2.34. The monoisotopic (exact) mass is 596 g/mol. The quantitative estimate of drug-likeness (QED) is 0.316. The van der Waals surface area contributed by atoms with Crippen LogP contribution in [-0.4, -0.2) is 48.3 Å². The van der Waals surface area contributed by atoms with Gasteiger partial charge >= 0.3 is 0 Å². The molecule has 0 spiro atoms. The van der Waals surface area contributed by atoms with Gasteiger partial charge in [-0.15, -0.1) is 0 Å². The molecule has 42 heavy (non-hydrogen) atoms. The minimum atomic E-state index is -4.38. The Morgan fingerprint density at radius 2 is 1.95 bits per heavy atom. The number of nitrogens with zero attached hydrogens (tertiary/aromatic N) is 3. The topological polar surface area (TPSA) is 141 Å². The van der Waals surface area contributed by atoms with Gasteiger partial charge in [0.25, 0.3) is 10.0 Å². The number of nitrogens with one attached hydrogen (secondary N) is 2. The van der Waals surface area contributed by atoms with E-state index in [1.165, 1.54) is 24.3 Å². The van der Waals surface area contributed by atoms with Gasteiger partial charge in [0.1, 0.15) is 28.0 Å². The SMILES string of the molecule is C[C@@H]1CCn2nc(-c3ccc(NS(=O)(=O)c4ccccc4F)c(F)c3)c3c(N)ncc(c32)/C=C/CCOCCC(=O)N1. The molecule has 2 aromatic carbocycles. The molecule has 10 nitrogen and oxygen atoms in total. The number of sulfonamides is 1. The number of hydrogen-bond acceptors (Lipinski definition) is 7. The molecule has 0 saturated heterocycles. The van der Waals surface area contributed by atoms with E-state index in [9.17, 15) is 17.6 Å². The van der Waals surface area contributed by atoms with E-state index >= 15 is 4.39 Å². The molecule has 5 rings (SSSR count). The van der Waals surface area contributed by atoms with Gasteiger partial charge in [0.15, 0.2) is 0 Å². The third kappa shape index (κ3) is 6.26. The van der Waals surface area contributed by atoms with E-state index in [0.717, 1.165) is 23.8 Å². The van der Waals surface area contributed by atoms with E-state index in [2.05, 4.69) is 15.0 Å². The van der Waals surface area contributed by atoms with Crippen molar-refractivity contribution in [3.63, 3.8) is 0 Å². The summed E-state index contributed by atoms with van der Waals surface area (Å²) >= 11 is 0. The second-order valence-electron chi connectivity index (χ2n) is 9.94. The second kappa shape index (κ2) is 12.2. The third-order valence-corrected chi connectivity index (χ3v) is 8.22. The average molecular weight is 597 g/mol. The molecule has 1 amide bonds. The molecule has 220 valence electrons. The van der Waals surface area contributed by atoms with Crippen LogP contribution in [0.25, 0.3) is 28.2 Å². The number of hydrogen-bond donors (Lipinski definition) is 3. The maximum atomic E-state index is 15.3. The fourth-order valence-corrected chi connectivity index (χ4v) is 5.87. The number of aryl methyl sites for hydroxylation is 1. The predicted octanol–water partition coefficient (Wildman–Crippen LogP) is 4.48. The third-order valence-electron chi connectivity index (χ3n) is 6.82. The van der Waals surface area contributed by atoms with Crippen LogP contribution in [0.4, 0.5) is 20.3 Å². The Morgan fingerprint density at radius 3 is 2.74 bits per heavy atom. The van der Waals surface area contributed by atoms with Crippen LogP contribution >= 0.6 is 0 Å². The number of nitrogens with two attached hydrogens (primary N) is 1. The van der Waals surface area contributed by atoms with Crippen molar-refractivity contribution in [3.05, 3.63) is 71.9 Å². The molecule has 2 aromatic heterocycles. The summed E-state index contributed by atoms with van der Waals surface area (Å²) in [6, 6.07) is 8.57. The van der Waals surface area contributed by atoms with Crippen LogP contribution in [0.5, 0.6) is 0 Å². The molecular weight excluding hydrogens is 566 g/mol. The van der Waals surface area contributed by atoms with Gasteiger partial charge in [-0.25, -0.2) is 22.2 Å². The minimum absolute atomic E-state index is 0.103. The van der Waals surface area contributed by atoms with Crippen molar-refractivity contribution in [1.82, 2.24) is 20.1 Å². The van der Waals surface area contributed by atoms with Crippen LogP contribution in [0.1, 0.15) is 31.7 Å². The first kappa shape index (κ1) is 29.1. The Morgan fingerprint density at radius 1 is 1.14 bits per heavy atom. The van der Waals surface area contributed by atoms with Crippen molar-refractivity contribution in [1.29, 1.82) is 0 Å². The number of anilines is 2. The van der Waals surface area contributed by atoms with E-state index in [-0.39, 0.29) is 29.9 Å². The normalized spacial score (nSPS) is 17.7. The molecule has 1 aliphatic heterocycles. The summed E-state index contributed by atoms with van der Waals surface area (Å²) in [5.41, 5.74) is 8.10. The predicted molar refractivity (Wildman–Crippen MR) is 156 cm³/mol. The number of rotatable bonds is 4. The van der Waals surface area contributed by atoms with E-state index in [1.54, 1.807) is 10.9 Å². The summed E-state index contributed by atoms with van der Waals surface area (Å²) in [6.45, 7) is 3.10. The first-order chi connectivity index (χ1) is 20.1. The summed E-state index contributed by atoms with van der Waals surface area (Å²) in [5, 5.41) is 8.24. The van der Waals surface area contributed by atoms with Gasteiger partial charge in [0.2, 0.25) is 5.91 Å². The van der Waals surface area contributed by atoms with Crippen molar-refractivity contribution in [2.45, 2.75) is 43.7 Å². The van der Waals surface area contributed by atoms with Crippen molar-refractivity contribution in [2.24, 2.45) is 0 Å². The summed E-state index contributed by atoms with van der Waals surface area (Å²) < 4.78 is 64.3. The Labute approximate surface area is 241 Å². The number of pyridine rings is 1. The van der Waals surface area contributed by atoms with Crippen molar-refractivity contribution in [3.8, 4) is 11.3 Å². The number of aromatic nitrogens is 3. The molecule has 0 unspecified atom stereocenters. The highest BCUT2D eigenvalue weighted by Gasteiger charge is 2.23. The van der Waals surface area contributed by atoms with Crippen LogP contribution in [0.3, 0.4) is 0 Å². The Bertz CT molecular complexity index is 1770. The summed E-state index contributed by atoms with van der Waals surface area (Å²) in [6.07, 6.45) is 6.90. The molecular formula is C29H30F2N6O4S. The standard InChI is InChI=1S/C29H30F2N6O4S/c1-18-11-13-37-28-20(6-4-5-14-41-15-12-25(38)34-18)17-33-29(32)26(28)27(35-37)19-9-10-23(22(31)16-19)36-42(39,40)24-8-3-2-7-21(24)30/h2-4,6-10,16-18,36H,5,11-15H2,1H3,(H2,32,33)(H,34,38)/b6-4+/t18-/m1/s1. The lowest BCUT2D eigenvalue weighted by Gasteiger charge is -2.14. The minimum Gasteiger partial charge on any atom is -0.383 e. The fourth-order valence-electron chi connectivity index (χ4n) is 4.72. The molecule has 4 N–H and O–H groups in total. The maximum absolute atomic E-state index is 15.3. The van der Waals surface area contributed by atoms with Gasteiger partial charge in [-0.1, -0.05) is 30.4 Å². The highest BCUT2D eigenvalue weighted by Crippen LogP contribution is 2.35. The lowest BCUT2D eigenvalue weighted by molar-refractivity contribution is -0.122. The van der Waals surface area contributed by atoms with Crippen LogP contribution in [0.2, 0.25) is 0 Å². The van der Waals surface area contributed by atoms with Crippen molar-refractivity contribution < 1.29 is 26.7 Å². The number of carbonyl (C=O) groups excluding carboxylic acids is 1. The summed E-state index contributed by atoms with van der Waals surface area (Å²) in [7, 11) is -4.38.